The van der Waals surface area contributed by atoms with E-state index in [0.29, 0.717) is 30.6 Å². The van der Waals surface area contributed by atoms with Crippen LogP contribution in [0, 0.1) is 12.7 Å². The van der Waals surface area contributed by atoms with E-state index in [1.54, 1.807) is 6.07 Å². The van der Waals surface area contributed by atoms with Gasteiger partial charge in [0.25, 0.3) is 0 Å². The zero-order chi connectivity index (χ0) is 18.6. The van der Waals surface area contributed by atoms with Gasteiger partial charge >= 0.3 is 0 Å². The summed E-state index contributed by atoms with van der Waals surface area (Å²) in [6, 6.07) is 15.3. The average molecular weight is 365 g/mol. The Hall–Kier alpha value is -2.53. The molecule has 4 nitrogen and oxygen atoms in total. The van der Waals surface area contributed by atoms with Crippen molar-refractivity contribution in [3.05, 3.63) is 82.8 Å². The predicted molar refractivity (Wildman–Crippen MR) is 102 cm³/mol. The Balaban J connectivity index is 1.38. The summed E-state index contributed by atoms with van der Waals surface area (Å²) in [5, 5.41) is 4.06. The molecule has 140 valence electrons. The monoisotopic (exact) mass is 365 g/mol. The first kappa shape index (κ1) is 17.9. The lowest BCUT2D eigenvalue weighted by Crippen LogP contribution is -2.34. The lowest BCUT2D eigenvalue weighted by atomic mass is 9.90. The Morgan fingerprint density at radius 3 is 2.93 bits per heavy atom. The summed E-state index contributed by atoms with van der Waals surface area (Å²) < 4.78 is 18.7. The van der Waals surface area contributed by atoms with E-state index < -0.39 is 0 Å². The lowest BCUT2D eigenvalue weighted by Gasteiger charge is -2.32. The molecule has 1 aromatic heterocycles. The Morgan fingerprint density at radius 1 is 1.19 bits per heavy atom. The van der Waals surface area contributed by atoms with Crippen LogP contribution in [0.5, 0.6) is 0 Å². The minimum Gasteiger partial charge on any atom is -0.338 e. The third-order valence-corrected chi connectivity index (χ3v) is 5.14. The molecule has 0 N–H and O–H groups in total. The smallest absolute Gasteiger partial charge is 0.240 e. The van der Waals surface area contributed by atoms with Gasteiger partial charge < -0.3 is 4.52 Å². The minimum absolute atomic E-state index is 0.244. The average Bonchev–Trinajstić information content (AvgIpc) is 3.09. The van der Waals surface area contributed by atoms with E-state index in [4.69, 9.17) is 4.52 Å². The van der Waals surface area contributed by atoms with Gasteiger partial charge in [-0.05, 0) is 55.5 Å². The second kappa shape index (κ2) is 8.01. The summed E-state index contributed by atoms with van der Waals surface area (Å²) in [5.74, 6) is 1.54. The van der Waals surface area contributed by atoms with Crippen LogP contribution in [0.3, 0.4) is 0 Å². The standard InChI is InChI=1S/C22H24FN3O/c1-16-5-2-7-18(11-16)19-8-4-10-26(14-19)15-22-24-21(25-27-22)13-17-6-3-9-20(23)12-17/h2-3,5-7,9,11-12,19H,4,8,10,13-15H2,1H3. The highest BCUT2D eigenvalue weighted by Gasteiger charge is 2.23. The number of aromatic nitrogens is 2. The molecule has 27 heavy (non-hydrogen) atoms. The van der Waals surface area contributed by atoms with Gasteiger partial charge in [0.15, 0.2) is 5.82 Å². The number of nitrogens with zero attached hydrogens (tertiary/aromatic N) is 3. The summed E-state index contributed by atoms with van der Waals surface area (Å²) in [6.45, 7) is 4.86. The third-order valence-electron chi connectivity index (χ3n) is 5.14. The first-order valence-electron chi connectivity index (χ1n) is 9.50. The number of benzene rings is 2. The van der Waals surface area contributed by atoms with E-state index in [-0.39, 0.29) is 5.82 Å². The van der Waals surface area contributed by atoms with E-state index in [1.165, 1.54) is 36.1 Å². The third kappa shape index (κ3) is 4.61. The molecule has 1 unspecified atom stereocenters. The van der Waals surface area contributed by atoms with E-state index in [2.05, 4.69) is 46.2 Å². The van der Waals surface area contributed by atoms with Crippen LogP contribution < -0.4 is 0 Å². The minimum atomic E-state index is -0.244. The Morgan fingerprint density at radius 2 is 2.07 bits per heavy atom. The van der Waals surface area contributed by atoms with Crippen molar-refractivity contribution >= 4 is 0 Å². The molecule has 1 saturated heterocycles. The van der Waals surface area contributed by atoms with Crippen LogP contribution >= 0.6 is 0 Å². The largest absolute Gasteiger partial charge is 0.338 e. The van der Waals surface area contributed by atoms with Crippen molar-refractivity contribution in [1.82, 2.24) is 15.0 Å². The van der Waals surface area contributed by atoms with Crippen molar-refractivity contribution in [2.45, 2.75) is 38.6 Å². The summed E-state index contributed by atoms with van der Waals surface area (Å²) in [7, 11) is 0. The SMILES string of the molecule is Cc1cccc(C2CCCN(Cc3nc(Cc4cccc(F)c4)no3)C2)c1. The molecule has 0 spiro atoms. The second-order valence-corrected chi connectivity index (χ2v) is 7.40. The van der Waals surface area contributed by atoms with Crippen molar-refractivity contribution in [1.29, 1.82) is 0 Å². The number of rotatable bonds is 5. The molecule has 0 amide bonds. The highest BCUT2D eigenvalue weighted by molar-refractivity contribution is 5.26. The molecule has 2 heterocycles. The fourth-order valence-corrected chi connectivity index (χ4v) is 3.84. The number of likely N-dealkylation sites (tertiary alicyclic amines) is 1. The first-order chi connectivity index (χ1) is 13.2. The quantitative estimate of drug-likeness (QED) is 0.668. The molecular weight excluding hydrogens is 341 g/mol. The zero-order valence-electron chi connectivity index (χ0n) is 15.6. The van der Waals surface area contributed by atoms with Crippen molar-refractivity contribution < 1.29 is 8.91 Å². The number of piperidine rings is 1. The van der Waals surface area contributed by atoms with Crippen LogP contribution in [0.1, 0.15) is 47.2 Å². The Bertz CT molecular complexity index is 908. The van der Waals surface area contributed by atoms with Crippen molar-refractivity contribution in [3.63, 3.8) is 0 Å². The molecule has 3 aromatic rings. The van der Waals surface area contributed by atoms with Crippen molar-refractivity contribution in [2.24, 2.45) is 0 Å². The molecule has 0 saturated carbocycles. The van der Waals surface area contributed by atoms with Gasteiger partial charge in [0.1, 0.15) is 5.82 Å². The summed E-state index contributed by atoms with van der Waals surface area (Å²) in [5.41, 5.74) is 3.57. The number of halogens is 1. The molecule has 1 fully saturated rings. The number of hydrogen-bond donors (Lipinski definition) is 0. The molecular formula is C22H24FN3O. The predicted octanol–water partition coefficient (Wildman–Crippen LogP) is 4.49. The summed E-state index contributed by atoms with van der Waals surface area (Å²) >= 11 is 0. The van der Waals surface area contributed by atoms with Gasteiger partial charge in [-0.1, -0.05) is 47.1 Å². The van der Waals surface area contributed by atoms with E-state index in [1.807, 2.05) is 6.07 Å². The fraction of sp³-hybridized carbons (Fsp3) is 0.364. The lowest BCUT2D eigenvalue weighted by molar-refractivity contribution is 0.177. The topological polar surface area (TPSA) is 42.2 Å². The molecule has 0 radical (unpaired) electrons. The molecule has 1 aliphatic rings. The maximum absolute atomic E-state index is 13.3. The van der Waals surface area contributed by atoms with Crippen LogP contribution in [0.15, 0.2) is 53.1 Å². The van der Waals surface area contributed by atoms with Crippen LogP contribution in [0.2, 0.25) is 0 Å². The van der Waals surface area contributed by atoms with Crippen LogP contribution in [0.25, 0.3) is 0 Å². The molecule has 0 bridgehead atoms. The maximum atomic E-state index is 13.3. The van der Waals surface area contributed by atoms with Gasteiger partial charge in [-0.2, -0.15) is 4.98 Å². The first-order valence-corrected chi connectivity index (χ1v) is 9.50. The van der Waals surface area contributed by atoms with Gasteiger partial charge in [-0.3, -0.25) is 4.90 Å². The van der Waals surface area contributed by atoms with Gasteiger partial charge in [-0.15, -0.1) is 0 Å². The van der Waals surface area contributed by atoms with Crippen molar-refractivity contribution in [2.75, 3.05) is 13.1 Å². The number of aryl methyl sites for hydroxylation is 1. The molecule has 1 atom stereocenters. The normalized spacial score (nSPS) is 17.9. The van der Waals surface area contributed by atoms with Gasteiger partial charge in [0.2, 0.25) is 5.89 Å². The Kier molecular flexibility index (Phi) is 5.30. The van der Waals surface area contributed by atoms with Crippen LogP contribution in [-0.4, -0.2) is 28.1 Å². The molecule has 1 aliphatic heterocycles. The van der Waals surface area contributed by atoms with Crippen LogP contribution in [-0.2, 0) is 13.0 Å². The van der Waals surface area contributed by atoms with Crippen LogP contribution in [0.4, 0.5) is 4.39 Å². The van der Waals surface area contributed by atoms with E-state index >= 15 is 0 Å². The summed E-state index contributed by atoms with van der Waals surface area (Å²) in [4.78, 5) is 6.88. The molecule has 4 rings (SSSR count). The highest BCUT2D eigenvalue weighted by Crippen LogP contribution is 2.28. The number of hydrogen-bond acceptors (Lipinski definition) is 4. The van der Waals surface area contributed by atoms with Crippen molar-refractivity contribution in [3.8, 4) is 0 Å². The second-order valence-electron chi connectivity index (χ2n) is 7.40. The van der Waals surface area contributed by atoms with Gasteiger partial charge in [0.05, 0.1) is 6.54 Å². The van der Waals surface area contributed by atoms with E-state index in [9.17, 15) is 4.39 Å². The summed E-state index contributed by atoms with van der Waals surface area (Å²) in [6.07, 6.45) is 2.87. The van der Waals surface area contributed by atoms with Gasteiger partial charge in [0, 0.05) is 13.0 Å². The zero-order valence-corrected chi connectivity index (χ0v) is 15.6. The van der Waals surface area contributed by atoms with Gasteiger partial charge in [-0.25, -0.2) is 4.39 Å². The fourth-order valence-electron chi connectivity index (χ4n) is 3.84. The maximum Gasteiger partial charge on any atom is 0.240 e. The molecule has 5 heteroatoms. The molecule has 2 aromatic carbocycles. The molecule has 0 aliphatic carbocycles. The van der Waals surface area contributed by atoms with E-state index in [0.717, 1.165) is 18.7 Å². The Labute approximate surface area is 159 Å². The highest BCUT2D eigenvalue weighted by atomic mass is 19.1.